The monoisotopic (exact) mass is 333 g/mol. The second-order valence-corrected chi connectivity index (χ2v) is 7.61. The van der Waals surface area contributed by atoms with Crippen molar-refractivity contribution in [2.24, 2.45) is 0 Å². The summed E-state index contributed by atoms with van der Waals surface area (Å²) in [5.41, 5.74) is 1.05. The molecule has 6 nitrogen and oxygen atoms in total. The fourth-order valence-corrected chi connectivity index (χ4v) is 4.28. The number of allylic oxidation sites excluding steroid dienone is 1. The van der Waals surface area contributed by atoms with Crippen molar-refractivity contribution in [2.45, 2.75) is 29.8 Å². The normalized spacial score (nSPS) is 18.2. The summed E-state index contributed by atoms with van der Waals surface area (Å²) in [6.07, 6.45) is 2.68. The molecule has 0 spiro atoms. The van der Waals surface area contributed by atoms with E-state index in [1.165, 1.54) is 0 Å². The maximum absolute atomic E-state index is 12.8. The highest BCUT2D eigenvalue weighted by Gasteiger charge is 2.35. The highest BCUT2D eigenvalue weighted by atomic mass is 32.2. The van der Waals surface area contributed by atoms with Crippen LogP contribution in [0.4, 0.5) is 0 Å². The molecule has 1 fully saturated rings. The first-order valence-electron chi connectivity index (χ1n) is 7.51. The van der Waals surface area contributed by atoms with Crippen molar-refractivity contribution in [3.63, 3.8) is 0 Å². The molecule has 2 aromatic rings. The van der Waals surface area contributed by atoms with Gasteiger partial charge in [0.1, 0.15) is 5.82 Å². The van der Waals surface area contributed by atoms with Crippen LogP contribution in [0.5, 0.6) is 0 Å². The average molecular weight is 333 g/mol. The van der Waals surface area contributed by atoms with Gasteiger partial charge in [0.15, 0.2) is 0 Å². The van der Waals surface area contributed by atoms with Crippen LogP contribution in [-0.2, 0) is 27.5 Å². The van der Waals surface area contributed by atoms with E-state index < -0.39 is 15.1 Å². The number of nitrogens with zero attached hydrogens (tertiary/aromatic N) is 3. The Morgan fingerprint density at radius 2 is 2.09 bits per heavy atom. The van der Waals surface area contributed by atoms with Gasteiger partial charge in [0, 0.05) is 19.6 Å². The Bertz CT molecular complexity index is 778. The molecule has 1 unspecified atom stereocenters. The van der Waals surface area contributed by atoms with Crippen LogP contribution >= 0.6 is 0 Å². The third-order valence-electron chi connectivity index (χ3n) is 3.89. The summed E-state index contributed by atoms with van der Waals surface area (Å²) >= 11 is 0. The molecule has 1 saturated heterocycles. The van der Waals surface area contributed by atoms with Gasteiger partial charge in [-0.05, 0) is 12.0 Å². The molecule has 122 valence electrons. The Morgan fingerprint density at radius 1 is 1.30 bits per heavy atom. The molecule has 0 saturated carbocycles. The van der Waals surface area contributed by atoms with Gasteiger partial charge in [-0.25, -0.2) is 8.42 Å². The number of aromatic nitrogens is 3. The molecule has 23 heavy (non-hydrogen) atoms. The van der Waals surface area contributed by atoms with Gasteiger partial charge in [-0.3, -0.25) is 4.57 Å². The van der Waals surface area contributed by atoms with Crippen molar-refractivity contribution in [1.29, 1.82) is 0 Å². The largest absolute Gasteiger partial charge is 0.380 e. The van der Waals surface area contributed by atoms with Crippen molar-refractivity contribution >= 4 is 9.84 Å². The zero-order valence-electron chi connectivity index (χ0n) is 12.8. The van der Waals surface area contributed by atoms with Gasteiger partial charge < -0.3 is 4.74 Å². The molecule has 1 aromatic carbocycles. The number of rotatable bonds is 6. The minimum absolute atomic E-state index is 0.0128. The van der Waals surface area contributed by atoms with Crippen molar-refractivity contribution in [3.8, 4) is 0 Å². The second-order valence-electron chi connectivity index (χ2n) is 5.49. The molecule has 1 aromatic heterocycles. The van der Waals surface area contributed by atoms with E-state index in [9.17, 15) is 8.42 Å². The maximum Gasteiger partial charge on any atom is 0.250 e. The van der Waals surface area contributed by atoms with Crippen LogP contribution < -0.4 is 0 Å². The Balaban J connectivity index is 1.96. The lowest BCUT2D eigenvalue weighted by molar-refractivity contribution is 0.198. The van der Waals surface area contributed by atoms with Gasteiger partial charge in [0.25, 0.3) is 0 Å². The Hall–Kier alpha value is -1.99. The summed E-state index contributed by atoms with van der Waals surface area (Å²) in [5.74, 6) is 0.619. The Morgan fingerprint density at radius 3 is 2.74 bits per heavy atom. The Labute approximate surface area is 135 Å². The predicted molar refractivity (Wildman–Crippen MR) is 85.9 cm³/mol. The van der Waals surface area contributed by atoms with Crippen molar-refractivity contribution < 1.29 is 13.2 Å². The molecule has 0 N–H and O–H groups in total. The van der Waals surface area contributed by atoms with E-state index in [1.54, 1.807) is 10.6 Å². The second kappa shape index (κ2) is 6.64. The first kappa shape index (κ1) is 15.9. The zero-order valence-corrected chi connectivity index (χ0v) is 13.6. The summed E-state index contributed by atoms with van der Waals surface area (Å²) in [7, 11) is -3.55. The highest BCUT2D eigenvalue weighted by molar-refractivity contribution is 7.91. The van der Waals surface area contributed by atoms with E-state index >= 15 is 0 Å². The molecule has 7 heteroatoms. The number of benzene rings is 1. The van der Waals surface area contributed by atoms with Crippen LogP contribution in [0, 0.1) is 0 Å². The molecule has 0 radical (unpaired) electrons. The van der Waals surface area contributed by atoms with E-state index in [4.69, 9.17) is 4.74 Å². The van der Waals surface area contributed by atoms with Gasteiger partial charge in [0.05, 0.1) is 11.9 Å². The molecule has 1 aliphatic rings. The van der Waals surface area contributed by atoms with Crippen molar-refractivity contribution in [2.75, 3.05) is 13.2 Å². The van der Waals surface area contributed by atoms with Crippen LogP contribution in [0.1, 0.15) is 17.8 Å². The lowest BCUT2D eigenvalue weighted by Gasteiger charge is -2.11. The number of hydrogen-bond acceptors (Lipinski definition) is 5. The van der Waals surface area contributed by atoms with E-state index in [1.807, 2.05) is 30.3 Å². The predicted octanol–water partition coefficient (Wildman–Crippen LogP) is 1.62. The lowest BCUT2D eigenvalue weighted by atomic mass is 10.1. The van der Waals surface area contributed by atoms with E-state index in [2.05, 4.69) is 16.8 Å². The number of hydrogen-bond donors (Lipinski definition) is 0. The minimum Gasteiger partial charge on any atom is -0.380 e. The van der Waals surface area contributed by atoms with Gasteiger partial charge >= 0.3 is 0 Å². The van der Waals surface area contributed by atoms with Crippen LogP contribution in [-0.4, -0.2) is 41.6 Å². The molecule has 0 aliphatic carbocycles. The van der Waals surface area contributed by atoms with Crippen molar-refractivity contribution in [1.82, 2.24) is 14.8 Å². The molecule has 3 rings (SSSR count). The van der Waals surface area contributed by atoms with Crippen LogP contribution in [0.25, 0.3) is 0 Å². The molecular weight excluding hydrogens is 314 g/mol. The smallest absolute Gasteiger partial charge is 0.250 e. The molecule has 1 atom stereocenters. The quantitative estimate of drug-likeness (QED) is 0.751. The third kappa shape index (κ3) is 3.20. The van der Waals surface area contributed by atoms with Gasteiger partial charge in [0.2, 0.25) is 15.0 Å². The van der Waals surface area contributed by atoms with Gasteiger partial charge in [-0.15, -0.1) is 16.8 Å². The summed E-state index contributed by atoms with van der Waals surface area (Å²) in [6, 6.07) is 9.78. The van der Waals surface area contributed by atoms with Crippen LogP contribution in [0.3, 0.4) is 0 Å². The first-order valence-corrected chi connectivity index (χ1v) is 9.06. The third-order valence-corrected chi connectivity index (χ3v) is 5.95. The molecule has 0 bridgehead atoms. The van der Waals surface area contributed by atoms with E-state index in [0.717, 1.165) is 5.56 Å². The molecule has 0 amide bonds. The van der Waals surface area contributed by atoms with Crippen LogP contribution in [0.2, 0.25) is 0 Å². The van der Waals surface area contributed by atoms with Crippen molar-refractivity contribution in [3.05, 3.63) is 54.4 Å². The number of ether oxygens (including phenoxy) is 1. The SMILES string of the molecule is C=CCn1c(Cc2ccccc2)nnc1S(=O)(=O)C1CCOC1. The fraction of sp³-hybridized carbons (Fsp3) is 0.375. The average Bonchev–Trinajstić information content (AvgIpc) is 3.20. The maximum atomic E-state index is 12.8. The summed E-state index contributed by atoms with van der Waals surface area (Å²) in [4.78, 5) is 0. The lowest BCUT2D eigenvalue weighted by Crippen LogP contribution is -2.25. The minimum atomic E-state index is -3.55. The Kier molecular flexibility index (Phi) is 4.58. The summed E-state index contributed by atoms with van der Waals surface area (Å²) in [6.45, 7) is 4.76. The highest BCUT2D eigenvalue weighted by Crippen LogP contribution is 2.22. The zero-order chi connectivity index (χ0) is 16.3. The molecule has 1 aliphatic heterocycles. The fourth-order valence-electron chi connectivity index (χ4n) is 2.66. The topological polar surface area (TPSA) is 74.1 Å². The van der Waals surface area contributed by atoms with Crippen LogP contribution in [0.15, 0.2) is 48.1 Å². The first-order chi connectivity index (χ1) is 11.1. The summed E-state index contributed by atoms with van der Waals surface area (Å²) < 4.78 is 32.4. The van der Waals surface area contributed by atoms with E-state index in [-0.39, 0.29) is 11.8 Å². The van der Waals surface area contributed by atoms with Gasteiger partial charge in [-0.2, -0.15) is 0 Å². The van der Waals surface area contributed by atoms with E-state index in [0.29, 0.717) is 31.8 Å². The molecular formula is C16H19N3O3S. The van der Waals surface area contributed by atoms with Gasteiger partial charge in [-0.1, -0.05) is 36.4 Å². The number of sulfone groups is 1. The summed E-state index contributed by atoms with van der Waals surface area (Å²) in [5, 5.41) is 7.55. The molecule has 2 heterocycles. The standard InChI is InChI=1S/C16H19N3O3S/c1-2-9-19-15(11-13-6-4-3-5-7-13)17-18-16(19)23(20,21)14-8-10-22-12-14/h2-7,14H,1,8-12H2.